The molecule has 0 spiro atoms. The zero-order valence-corrected chi connectivity index (χ0v) is 29.3. The first kappa shape index (κ1) is 37.4. The van der Waals surface area contributed by atoms with Gasteiger partial charge in [-0.15, -0.1) is 0 Å². The number of benzene rings is 4. The monoisotopic (exact) mass is 642 g/mol. The molecular weight excluding hydrogens is 588 g/mol. The lowest BCUT2D eigenvalue weighted by molar-refractivity contribution is -0.146. The molecule has 0 heterocycles. The van der Waals surface area contributed by atoms with Gasteiger partial charge in [0.1, 0.15) is 11.5 Å². The first-order valence-electron chi connectivity index (χ1n) is 17.3. The van der Waals surface area contributed by atoms with Crippen molar-refractivity contribution in [3.8, 4) is 11.5 Å². The van der Waals surface area contributed by atoms with Gasteiger partial charge in [-0.25, -0.2) is 0 Å². The van der Waals surface area contributed by atoms with E-state index in [-0.39, 0.29) is 23.8 Å². The molecule has 0 aliphatic rings. The van der Waals surface area contributed by atoms with E-state index in [1.165, 1.54) is 32.1 Å². The van der Waals surface area contributed by atoms with Crippen molar-refractivity contribution in [2.45, 2.75) is 97.3 Å². The number of carbonyl (C=O) groups excluding carboxylic acids is 2. The van der Waals surface area contributed by atoms with Gasteiger partial charge in [-0.1, -0.05) is 107 Å². The van der Waals surface area contributed by atoms with Gasteiger partial charge < -0.3 is 18.9 Å². The maximum atomic E-state index is 12.2. The van der Waals surface area contributed by atoms with Gasteiger partial charge in [-0.2, -0.15) is 0 Å². The fourth-order valence-corrected chi connectivity index (χ4v) is 5.38. The number of rotatable bonds is 17. The lowest BCUT2D eigenvalue weighted by Crippen LogP contribution is -2.14. The van der Waals surface area contributed by atoms with E-state index in [0.717, 1.165) is 69.9 Å². The minimum atomic E-state index is -0.243. The van der Waals surface area contributed by atoms with Crippen LogP contribution in [0, 0.1) is 0 Å². The van der Waals surface area contributed by atoms with Crippen molar-refractivity contribution in [3.05, 3.63) is 83.9 Å². The number of ether oxygens (including phenoxy) is 4. The number of fused-ring (bicyclic) bond motifs is 2. The van der Waals surface area contributed by atoms with Crippen LogP contribution in [0.3, 0.4) is 0 Å². The molecule has 0 saturated heterocycles. The zero-order chi connectivity index (χ0) is 34.0. The lowest BCUT2D eigenvalue weighted by Gasteiger charge is -2.13. The molecule has 4 aromatic rings. The van der Waals surface area contributed by atoms with E-state index in [0.29, 0.717) is 13.2 Å². The van der Waals surface area contributed by atoms with Crippen molar-refractivity contribution >= 4 is 33.5 Å². The second-order valence-electron chi connectivity index (χ2n) is 12.2. The van der Waals surface area contributed by atoms with Crippen LogP contribution in [-0.4, -0.2) is 39.4 Å². The normalized spacial score (nSPS) is 12.1. The molecule has 0 bridgehead atoms. The van der Waals surface area contributed by atoms with Gasteiger partial charge in [0.05, 0.1) is 39.3 Å². The average Bonchev–Trinajstić information content (AvgIpc) is 3.11. The highest BCUT2D eigenvalue weighted by atomic mass is 16.5. The molecule has 4 rings (SSSR count). The average molecular weight is 643 g/mol. The minimum absolute atomic E-state index is 0.140. The van der Waals surface area contributed by atoms with Crippen LogP contribution in [0.25, 0.3) is 21.5 Å². The third kappa shape index (κ3) is 11.9. The van der Waals surface area contributed by atoms with Gasteiger partial charge in [-0.3, -0.25) is 9.59 Å². The summed E-state index contributed by atoms with van der Waals surface area (Å²) in [6, 6.07) is 24.0. The maximum Gasteiger partial charge on any atom is 0.313 e. The van der Waals surface area contributed by atoms with Crippen molar-refractivity contribution in [1.29, 1.82) is 0 Å². The van der Waals surface area contributed by atoms with Gasteiger partial charge in [0.2, 0.25) is 0 Å². The SMILES string of the molecule is CCCCCCCOC(=O)C(C)c1ccc2cc(OC)ccc2c1.CCCCCCOC(=O)C(C)c1ccc2cc(OC)ccc2c1. The Morgan fingerprint density at radius 1 is 0.511 bits per heavy atom. The number of unbranched alkanes of at least 4 members (excludes halogenated alkanes) is 7. The zero-order valence-electron chi connectivity index (χ0n) is 29.3. The van der Waals surface area contributed by atoms with Crippen LogP contribution in [0.4, 0.5) is 0 Å². The Morgan fingerprint density at radius 2 is 0.872 bits per heavy atom. The molecule has 0 saturated carbocycles. The van der Waals surface area contributed by atoms with Crippen molar-refractivity contribution in [1.82, 2.24) is 0 Å². The summed E-state index contributed by atoms with van der Waals surface area (Å²) in [5.41, 5.74) is 1.98. The van der Waals surface area contributed by atoms with E-state index in [1.807, 2.05) is 74.5 Å². The van der Waals surface area contributed by atoms with Gasteiger partial charge in [0.15, 0.2) is 0 Å². The predicted molar refractivity (Wildman–Crippen MR) is 193 cm³/mol. The van der Waals surface area contributed by atoms with Crippen molar-refractivity contribution in [2.75, 3.05) is 27.4 Å². The molecule has 0 radical (unpaired) electrons. The lowest BCUT2D eigenvalue weighted by atomic mass is 9.98. The standard InChI is InChI=1S/C21H28O3.C20H26O3/c1-4-5-6-7-8-13-24-21(22)16(2)17-9-10-19-15-20(23-3)12-11-18(19)14-17;1-4-5-6-7-12-23-20(21)15(2)16-8-9-18-14-19(22-3)11-10-17(18)13-16/h9-12,14-16H,4-8,13H2,1-3H3;8-11,13-15H,4-7,12H2,1-3H3. The van der Waals surface area contributed by atoms with E-state index in [2.05, 4.69) is 26.0 Å². The number of carbonyl (C=O) groups is 2. The van der Waals surface area contributed by atoms with Gasteiger partial charge in [0.25, 0.3) is 0 Å². The number of esters is 2. The molecular formula is C41H54O6. The van der Waals surface area contributed by atoms with E-state index in [9.17, 15) is 9.59 Å². The molecule has 6 nitrogen and oxygen atoms in total. The fourth-order valence-electron chi connectivity index (χ4n) is 5.38. The van der Waals surface area contributed by atoms with Crippen LogP contribution in [0.2, 0.25) is 0 Å². The molecule has 0 amide bonds. The third-order valence-corrected chi connectivity index (χ3v) is 8.58. The van der Waals surface area contributed by atoms with Crippen LogP contribution in [0.5, 0.6) is 11.5 Å². The number of hydrogen-bond acceptors (Lipinski definition) is 6. The molecule has 0 N–H and O–H groups in total. The first-order valence-corrected chi connectivity index (χ1v) is 17.3. The summed E-state index contributed by atoms with van der Waals surface area (Å²) in [5.74, 6) is 0.906. The molecule has 2 unspecified atom stereocenters. The smallest absolute Gasteiger partial charge is 0.313 e. The largest absolute Gasteiger partial charge is 0.497 e. The highest BCUT2D eigenvalue weighted by molar-refractivity contribution is 5.88. The molecule has 47 heavy (non-hydrogen) atoms. The summed E-state index contributed by atoms with van der Waals surface area (Å²) in [6.07, 6.45) is 10.2. The van der Waals surface area contributed by atoms with Gasteiger partial charge in [-0.05, 0) is 83.6 Å². The molecule has 0 aliphatic heterocycles. The molecule has 2 atom stereocenters. The predicted octanol–water partition coefficient (Wildman–Crippen LogP) is 10.5. The molecule has 0 aromatic heterocycles. The Balaban J connectivity index is 0.000000256. The Kier molecular flexibility index (Phi) is 16.1. The number of hydrogen-bond donors (Lipinski definition) is 0. The van der Waals surface area contributed by atoms with E-state index >= 15 is 0 Å². The van der Waals surface area contributed by atoms with Crippen LogP contribution < -0.4 is 9.47 Å². The van der Waals surface area contributed by atoms with E-state index < -0.39 is 0 Å². The van der Waals surface area contributed by atoms with Crippen molar-refractivity contribution in [3.63, 3.8) is 0 Å². The summed E-state index contributed by atoms with van der Waals surface area (Å²) in [4.78, 5) is 24.4. The van der Waals surface area contributed by atoms with Gasteiger partial charge in [0, 0.05) is 0 Å². The molecule has 254 valence electrons. The quantitative estimate of drug-likeness (QED) is 0.0843. The van der Waals surface area contributed by atoms with E-state index in [1.54, 1.807) is 14.2 Å². The molecule has 6 heteroatoms. The summed E-state index contributed by atoms with van der Waals surface area (Å²) in [5, 5.41) is 4.42. The van der Waals surface area contributed by atoms with Crippen LogP contribution >= 0.6 is 0 Å². The number of methoxy groups -OCH3 is 2. The van der Waals surface area contributed by atoms with Crippen molar-refractivity contribution in [2.24, 2.45) is 0 Å². The summed E-state index contributed by atoms with van der Waals surface area (Å²) < 4.78 is 21.3. The molecule has 0 aliphatic carbocycles. The Labute approximate surface area is 281 Å². The first-order chi connectivity index (χ1) is 22.8. The van der Waals surface area contributed by atoms with Crippen LogP contribution in [-0.2, 0) is 19.1 Å². The summed E-state index contributed by atoms with van der Waals surface area (Å²) in [7, 11) is 3.32. The van der Waals surface area contributed by atoms with E-state index in [4.69, 9.17) is 18.9 Å². The van der Waals surface area contributed by atoms with Crippen LogP contribution in [0.1, 0.15) is 108 Å². The maximum absolute atomic E-state index is 12.2. The Morgan fingerprint density at radius 3 is 1.28 bits per heavy atom. The second kappa shape index (κ2) is 20.2. The highest BCUT2D eigenvalue weighted by Gasteiger charge is 2.18. The summed E-state index contributed by atoms with van der Waals surface area (Å²) >= 11 is 0. The summed E-state index contributed by atoms with van der Waals surface area (Å²) in [6.45, 7) is 9.22. The second-order valence-corrected chi connectivity index (χ2v) is 12.2. The Hall–Kier alpha value is -4.06. The third-order valence-electron chi connectivity index (χ3n) is 8.58. The highest BCUT2D eigenvalue weighted by Crippen LogP contribution is 2.27. The molecule has 0 fully saturated rings. The fraction of sp³-hybridized carbons (Fsp3) is 0.463. The molecule has 4 aromatic carbocycles. The minimum Gasteiger partial charge on any atom is -0.497 e. The van der Waals surface area contributed by atoms with Crippen molar-refractivity contribution < 1.29 is 28.5 Å². The van der Waals surface area contributed by atoms with Crippen LogP contribution in [0.15, 0.2) is 72.8 Å². The van der Waals surface area contributed by atoms with Gasteiger partial charge >= 0.3 is 11.9 Å². The Bertz CT molecular complexity index is 1540. The topological polar surface area (TPSA) is 71.1 Å².